The van der Waals surface area contributed by atoms with Crippen LogP contribution in [0.25, 0.3) is 0 Å². The molecule has 2 atom stereocenters. The largest absolute Gasteiger partial charge is 0.479 e. The molecular weight excluding hydrogens is 282 g/mol. The lowest BCUT2D eigenvalue weighted by atomic mass is 10.2. The molecule has 1 aliphatic rings. The van der Waals surface area contributed by atoms with Gasteiger partial charge in [0.1, 0.15) is 0 Å². The summed E-state index contributed by atoms with van der Waals surface area (Å²) in [4.78, 5) is 11.0. The highest BCUT2D eigenvalue weighted by atomic mass is 32.2. The molecule has 20 heavy (non-hydrogen) atoms. The third kappa shape index (κ3) is 3.49. The Balaban J connectivity index is 2.01. The van der Waals surface area contributed by atoms with Crippen molar-refractivity contribution in [1.29, 1.82) is 0 Å². The summed E-state index contributed by atoms with van der Waals surface area (Å²) in [6, 6.07) is 6.62. The summed E-state index contributed by atoms with van der Waals surface area (Å²) in [5, 5.41) is 11.9. The molecule has 110 valence electrons. The second-order valence-electron chi connectivity index (χ2n) is 4.81. The monoisotopic (exact) mass is 299 g/mol. The molecule has 7 heteroatoms. The smallest absolute Gasteiger partial charge is 0.332 e. The van der Waals surface area contributed by atoms with Crippen LogP contribution < -0.4 is 5.32 Å². The zero-order valence-corrected chi connectivity index (χ0v) is 11.9. The van der Waals surface area contributed by atoms with Crippen LogP contribution in [0.3, 0.4) is 0 Å². The number of benzene rings is 1. The fourth-order valence-corrected chi connectivity index (χ4v) is 3.06. The van der Waals surface area contributed by atoms with Gasteiger partial charge in [-0.15, -0.1) is 0 Å². The topological polar surface area (TPSA) is 92.7 Å². The maximum atomic E-state index is 11.6. The SMILES string of the molecule is CS(=O)(=O)c1ccccc1NCC1CCC(C(=O)O)O1. The second-order valence-corrected chi connectivity index (χ2v) is 6.80. The van der Waals surface area contributed by atoms with Crippen LogP contribution in [0.1, 0.15) is 12.8 Å². The fraction of sp³-hybridized carbons (Fsp3) is 0.462. The summed E-state index contributed by atoms with van der Waals surface area (Å²) in [7, 11) is -3.30. The van der Waals surface area contributed by atoms with E-state index in [2.05, 4.69) is 5.32 Å². The van der Waals surface area contributed by atoms with Crippen LogP contribution in [-0.2, 0) is 19.4 Å². The van der Waals surface area contributed by atoms with Gasteiger partial charge in [-0.25, -0.2) is 13.2 Å². The minimum atomic E-state index is -3.30. The molecule has 0 bridgehead atoms. The lowest BCUT2D eigenvalue weighted by molar-refractivity contribution is -0.149. The molecular formula is C13H17NO5S. The van der Waals surface area contributed by atoms with Crippen LogP contribution in [0.5, 0.6) is 0 Å². The van der Waals surface area contributed by atoms with E-state index in [0.717, 1.165) is 6.26 Å². The molecule has 0 saturated carbocycles. The van der Waals surface area contributed by atoms with E-state index in [4.69, 9.17) is 9.84 Å². The Morgan fingerprint density at radius 1 is 1.40 bits per heavy atom. The minimum absolute atomic E-state index is 0.219. The normalized spacial score (nSPS) is 22.6. The number of para-hydroxylation sites is 1. The third-order valence-corrected chi connectivity index (χ3v) is 4.34. The van der Waals surface area contributed by atoms with Crippen LogP contribution in [0, 0.1) is 0 Å². The highest BCUT2D eigenvalue weighted by Crippen LogP contribution is 2.23. The summed E-state index contributed by atoms with van der Waals surface area (Å²) in [5.41, 5.74) is 0.511. The Kier molecular flexibility index (Phi) is 4.29. The Hall–Kier alpha value is -1.60. The van der Waals surface area contributed by atoms with Gasteiger partial charge in [0.15, 0.2) is 15.9 Å². The first-order chi connectivity index (χ1) is 9.38. The van der Waals surface area contributed by atoms with Crippen LogP contribution in [-0.4, -0.2) is 44.5 Å². The van der Waals surface area contributed by atoms with Crippen molar-refractivity contribution in [1.82, 2.24) is 0 Å². The first-order valence-electron chi connectivity index (χ1n) is 6.29. The van der Waals surface area contributed by atoms with E-state index in [9.17, 15) is 13.2 Å². The maximum Gasteiger partial charge on any atom is 0.332 e. The van der Waals surface area contributed by atoms with Crippen molar-refractivity contribution in [3.8, 4) is 0 Å². The van der Waals surface area contributed by atoms with Gasteiger partial charge in [-0.1, -0.05) is 12.1 Å². The van der Waals surface area contributed by atoms with Gasteiger partial charge >= 0.3 is 5.97 Å². The van der Waals surface area contributed by atoms with Crippen molar-refractivity contribution in [3.05, 3.63) is 24.3 Å². The quantitative estimate of drug-likeness (QED) is 0.847. The molecule has 1 fully saturated rings. The lowest BCUT2D eigenvalue weighted by Gasteiger charge is -2.15. The fourth-order valence-electron chi connectivity index (χ4n) is 2.20. The molecule has 6 nitrogen and oxygen atoms in total. The molecule has 0 spiro atoms. The van der Waals surface area contributed by atoms with Crippen molar-refractivity contribution >= 4 is 21.5 Å². The maximum absolute atomic E-state index is 11.6. The van der Waals surface area contributed by atoms with Crippen molar-refractivity contribution in [2.75, 3.05) is 18.1 Å². The van der Waals surface area contributed by atoms with E-state index >= 15 is 0 Å². The molecule has 1 aliphatic heterocycles. The first kappa shape index (κ1) is 14.8. The number of carbonyl (C=O) groups is 1. The van der Waals surface area contributed by atoms with Crippen LogP contribution in [0.2, 0.25) is 0 Å². The summed E-state index contributed by atoms with van der Waals surface area (Å²) >= 11 is 0. The summed E-state index contributed by atoms with van der Waals surface area (Å²) < 4.78 is 28.6. The Morgan fingerprint density at radius 3 is 2.70 bits per heavy atom. The van der Waals surface area contributed by atoms with E-state index in [1.807, 2.05) is 0 Å². The number of anilines is 1. The second kappa shape index (κ2) is 5.80. The molecule has 2 N–H and O–H groups in total. The van der Waals surface area contributed by atoms with Gasteiger partial charge in [0.05, 0.1) is 16.7 Å². The van der Waals surface area contributed by atoms with E-state index < -0.39 is 21.9 Å². The number of sulfone groups is 1. The van der Waals surface area contributed by atoms with Crippen molar-refractivity contribution in [2.24, 2.45) is 0 Å². The van der Waals surface area contributed by atoms with Gasteiger partial charge in [0.25, 0.3) is 0 Å². The predicted octanol–water partition coefficient (Wildman–Crippen LogP) is 1.13. The molecule has 1 heterocycles. The molecule has 0 radical (unpaired) electrons. The Bertz CT molecular complexity index is 599. The molecule has 2 rings (SSSR count). The first-order valence-corrected chi connectivity index (χ1v) is 8.18. The minimum Gasteiger partial charge on any atom is -0.479 e. The van der Waals surface area contributed by atoms with Crippen molar-refractivity contribution in [3.63, 3.8) is 0 Å². The van der Waals surface area contributed by atoms with E-state index in [0.29, 0.717) is 25.1 Å². The zero-order chi connectivity index (χ0) is 14.8. The molecule has 0 aromatic heterocycles. The average molecular weight is 299 g/mol. The van der Waals surface area contributed by atoms with Crippen molar-refractivity contribution in [2.45, 2.75) is 29.9 Å². The molecule has 0 amide bonds. The number of rotatable bonds is 5. The number of hydrogen-bond acceptors (Lipinski definition) is 5. The van der Waals surface area contributed by atoms with Gasteiger partial charge in [0.2, 0.25) is 0 Å². The highest BCUT2D eigenvalue weighted by Gasteiger charge is 2.30. The van der Waals surface area contributed by atoms with E-state index in [1.54, 1.807) is 18.2 Å². The summed E-state index contributed by atoms with van der Waals surface area (Å²) in [6.07, 6.45) is 1.30. The summed E-state index contributed by atoms with van der Waals surface area (Å²) in [5.74, 6) is -0.955. The summed E-state index contributed by atoms with van der Waals surface area (Å²) in [6.45, 7) is 0.385. The van der Waals surface area contributed by atoms with Gasteiger partial charge in [0, 0.05) is 12.8 Å². The standard InChI is InChI=1S/C13H17NO5S/c1-20(17,18)12-5-3-2-4-10(12)14-8-9-6-7-11(19-9)13(15)16/h2-5,9,11,14H,6-8H2,1H3,(H,15,16). The Labute approximate surface area is 117 Å². The van der Waals surface area contributed by atoms with Crippen molar-refractivity contribution < 1.29 is 23.1 Å². The van der Waals surface area contributed by atoms with Crippen LogP contribution >= 0.6 is 0 Å². The third-order valence-electron chi connectivity index (χ3n) is 3.19. The van der Waals surface area contributed by atoms with Crippen LogP contribution in [0.4, 0.5) is 5.69 Å². The Morgan fingerprint density at radius 2 is 2.10 bits per heavy atom. The molecule has 1 aromatic rings. The average Bonchev–Trinajstić information content (AvgIpc) is 2.84. The number of ether oxygens (including phenoxy) is 1. The number of aliphatic carboxylic acids is 1. The molecule has 1 aromatic carbocycles. The molecule has 1 saturated heterocycles. The predicted molar refractivity (Wildman–Crippen MR) is 73.6 cm³/mol. The zero-order valence-electron chi connectivity index (χ0n) is 11.1. The van der Waals surface area contributed by atoms with E-state index in [-0.39, 0.29) is 11.0 Å². The van der Waals surface area contributed by atoms with Gasteiger partial charge in [-0.2, -0.15) is 0 Å². The van der Waals surface area contributed by atoms with Gasteiger partial charge in [-0.05, 0) is 25.0 Å². The highest BCUT2D eigenvalue weighted by molar-refractivity contribution is 7.90. The number of nitrogens with one attached hydrogen (secondary N) is 1. The van der Waals surface area contributed by atoms with E-state index in [1.165, 1.54) is 6.07 Å². The van der Waals surface area contributed by atoms with Gasteiger partial charge in [-0.3, -0.25) is 0 Å². The lowest BCUT2D eigenvalue weighted by Crippen LogP contribution is -2.24. The molecule has 2 unspecified atom stereocenters. The molecule has 0 aliphatic carbocycles. The van der Waals surface area contributed by atoms with Crippen LogP contribution in [0.15, 0.2) is 29.2 Å². The van der Waals surface area contributed by atoms with Gasteiger partial charge < -0.3 is 15.2 Å². The number of hydrogen-bond donors (Lipinski definition) is 2. The number of carboxylic acid groups (broad SMARTS) is 1. The number of carboxylic acids is 1.